The second-order valence-electron chi connectivity index (χ2n) is 8.54. The fourth-order valence-electron chi connectivity index (χ4n) is 3.98. The molecule has 0 amide bonds. The van der Waals surface area contributed by atoms with Crippen LogP contribution in [0.3, 0.4) is 0 Å². The summed E-state index contributed by atoms with van der Waals surface area (Å²) in [5, 5.41) is 5.24. The van der Waals surface area contributed by atoms with Crippen LogP contribution in [0.4, 0.5) is 4.39 Å². The number of ether oxygens (including phenoxy) is 1. The summed E-state index contributed by atoms with van der Waals surface area (Å²) in [7, 11) is 0. The van der Waals surface area contributed by atoms with Crippen molar-refractivity contribution < 1.29 is 13.9 Å². The Labute approximate surface area is 190 Å². The highest BCUT2D eigenvalue weighted by Crippen LogP contribution is 2.24. The number of hydrogen-bond donors (Lipinski definition) is 3. The maximum atomic E-state index is 15.0. The number of rotatable bonds is 9. The Bertz CT molecular complexity index is 904. The van der Waals surface area contributed by atoms with Gasteiger partial charge in [0, 0.05) is 25.4 Å². The Morgan fingerprint density at radius 3 is 2.91 bits per heavy atom. The summed E-state index contributed by atoms with van der Waals surface area (Å²) < 4.78 is 20.4. The third-order valence-electron chi connectivity index (χ3n) is 6.23. The summed E-state index contributed by atoms with van der Waals surface area (Å²) in [6.45, 7) is 7.97. The first kappa shape index (κ1) is 24.2. The molecule has 7 heteroatoms. The molecule has 0 bridgehead atoms. The Kier molecular flexibility index (Phi) is 8.61. The molecule has 1 aromatic rings. The molecular weight excluding hydrogens is 407 g/mol. The van der Waals surface area contributed by atoms with Gasteiger partial charge < -0.3 is 20.8 Å². The molecule has 2 aliphatic rings. The number of hydrogen-bond acceptors (Lipinski definition) is 6. The number of nitrogens with two attached hydrogens (primary N) is 1. The van der Waals surface area contributed by atoms with Crippen LogP contribution in [-0.2, 0) is 11.2 Å². The quantitative estimate of drug-likeness (QED) is 0.403. The van der Waals surface area contributed by atoms with Gasteiger partial charge in [-0.2, -0.15) is 0 Å². The minimum absolute atomic E-state index is 0.0975. The first-order valence-corrected chi connectivity index (χ1v) is 11.3. The summed E-state index contributed by atoms with van der Waals surface area (Å²) in [5.74, 6) is -0.681. The van der Waals surface area contributed by atoms with Gasteiger partial charge in [0.25, 0.3) is 0 Å². The topological polar surface area (TPSA) is 79.6 Å². The van der Waals surface area contributed by atoms with Crippen LogP contribution < -0.4 is 16.5 Å². The van der Waals surface area contributed by atoms with E-state index in [0.29, 0.717) is 18.6 Å². The van der Waals surface area contributed by atoms with Crippen LogP contribution in [0, 0.1) is 19.7 Å². The lowest BCUT2D eigenvalue weighted by molar-refractivity contribution is 0.0688. The van der Waals surface area contributed by atoms with Crippen molar-refractivity contribution in [2.45, 2.75) is 52.1 Å². The van der Waals surface area contributed by atoms with Gasteiger partial charge in [-0.05, 0) is 74.6 Å². The Morgan fingerprint density at radius 2 is 2.25 bits per heavy atom. The number of carbonyl (C=O) groups excluding carboxylic acids is 1. The molecule has 0 aliphatic carbocycles. The van der Waals surface area contributed by atoms with E-state index in [1.165, 1.54) is 0 Å². The molecule has 2 aliphatic heterocycles. The van der Waals surface area contributed by atoms with E-state index in [-0.39, 0.29) is 30.0 Å². The highest BCUT2D eigenvalue weighted by molar-refractivity contribution is 5.98. The normalized spacial score (nSPS) is 20.3. The Hall–Kier alpha value is -2.48. The molecule has 0 saturated carbocycles. The SMILES string of the molecule is Cc1c(CC(/C=C\C(C)N2C=CCN2)=C/N)cc(C(=O)CNC2CCCOC2)c(F)c1C. The minimum Gasteiger partial charge on any atom is -0.404 e. The highest BCUT2D eigenvalue weighted by Gasteiger charge is 2.20. The number of Topliss-reactive ketones (excluding diaryl/α,β-unsaturated/α-hetero) is 1. The lowest BCUT2D eigenvalue weighted by Gasteiger charge is -2.23. The molecule has 2 unspecified atom stereocenters. The van der Waals surface area contributed by atoms with Gasteiger partial charge in [-0.25, -0.2) is 9.82 Å². The summed E-state index contributed by atoms with van der Waals surface area (Å²) in [4.78, 5) is 12.8. The fourth-order valence-corrected chi connectivity index (χ4v) is 3.98. The zero-order valence-corrected chi connectivity index (χ0v) is 19.3. The van der Waals surface area contributed by atoms with E-state index in [2.05, 4.69) is 29.8 Å². The van der Waals surface area contributed by atoms with Crippen LogP contribution in [0.5, 0.6) is 0 Å². The lowest BCUT2D eigenvalue weighted by Crippen LogP contribution is -2.39. The molecule has 0 radical (unpaired) electrons. The summed E-state index contributed by atoms with van der Waals surface area (Å²) in [5.41, 5.74) is 12.4. The number of allylic oxidation sites excluding steroid dienone is 2. The van der Waals surface area contributed by atoms with Crippen LogP contribution in [0.1, 0.15) is 46.8 Å². The van der Waals surface area contributed by atoms with Gasteiger partial charge in [0.1, 0.15) is 5.82 Å². The van der Waals surface area contributed by atoms with Crippen LogP contribution in [0.25, 0.3) is 0 Å². The van der Waals surface area contributed by atoms with Crippen molar-refractivity contribution in [2.24, 2.45) is 5.73 Å². The van der Waals surface area contributed by atoms with Crippen molar-refractivity contribution in [1.82, 2.24) is 15.8 Å². The predicted molar refractivity (Wildman–Crippen MR) is 126 cm³/mol. The van der Waals surface area contributed by atoms with Gasteiger partial charge in [0.2, 0.25) is 0 Å². The molecule has 32 heavy (non-hydrogen) atoms. The first-order chi connectivity index (χ1) is 15.4. The molecule has 3 rings (SSSR count). The maximum Gasteiger partial charge on any atom is 0.179 e. The smallest absolute Gasteiger partial charge is 0.179 e. The molecule has 2 heterocycles. The van der Waals surface area contributed by atoms with Crippen molar-refractivity contribution in [3.05, 3.63) is 70.3 Å². The number of nitrogens with zero attached hydrogens (tertiary/aromatic N) is 1. The molecule has 1 saturated heterocycles. The molecular formula is C25H35FN4O2. The standard InChI is InChI=1S/C25H35FN4O2/c1-17(30-10-5-9-29-30)7-8-20(14-27)12-21-13-23(25(26)19(3)18(21)2)24(31)15-28-22-6-4-11-32-16-22/h5,7-8,10,13-14,17,22,28-29H,4,6,9,11-12,15-16,27H2,1-3H3/b8-7-,20-14+. The number of carbonyl (C=O) groups is 1. The number of hydrazine groups is 1. The summed E-state index contributed by atoms with van der Waals surface area (Å²) >= 11 is 0. The average molecular weight is 443 g/mol. The number of ketones is 1. The second-order valence-corrected chi connectivity index (χ2v) is 8.54. The maximum absolute atomic E-state index is 15.0. The zero-order valence-electron chi connectivity index (χ0n) is 19.3. The van der Waals surface area contributed by atoms with E-state index < -0.39 is 5.82 Å². The van der Waals surface area contributed by atoms with E-state index in [0.717, 1.165) is 42.7 Å². The Balaban J connectivity index is 1.71. The molecule has 6 nitrogen and oxygen atoms in total. The molecule has 1 aromatic carbocycles. The van der Waals surface area contributed by atoms with Crippen molar-refractivity contribution in [3.63, 3.8) is 0 Å². The molecule has 0 aromatic heterocycles. The van der Waals surface area contributed by atoms with Gasteiger partial charge in [0.05, 0.1) is 24.8 Å². The van der Waals surface area contributed by atoms with Crippen LogP contribution in [-0.4, -0.2) is 49.2 Å². The third kappa shape index (κ3) is 6.06. The number of benzene rings is 1. The molecule has 174 valence electrons. The largest absolute Gasteiger partial charge is 0.404 e. The van der Waals surface area contributed by atoms with Gasteiger partial charge in [-0.3, -0.25) is 4.79 Å². The second kappa shape index (κ2) is 11.4. The van der Waals surface area contributed by atoms with Crippen molar-refractivity contribution >= 4 is 5.78 Å². The molecule has 0 spiro atoms. The lowest BCUT2D eigenvalue weighted by atomic mass is 9.92. The van der Waals surface area contributed by atoms with Gasteiger partial charge in [-0.15, -0.1) is 0 Å². The highest BCUT2D eigenvalue weighted by atomic mass is 19.1. The van der Waals surface area contributed by atoms with Crippen molar-refractivity contribution in [3.8, 4) is 0 Å². The summed E-state index contributed by atoms with van der Waals surface area (Å²) in [6.07, 6.45) is 12.2. The van der Waals surface area contributed by atoms with E-state index in [4.69, 9.17) is 10.5 Å². The average Bonchev–Trinajstić information content (AvgIpc) is 3.35. The van der Waals surface area contributed by atoms with E-state index in [9.17, 15) is 9.18 Å². The monoisotopic (exact) mass is 442 g/mol. The molecule has 2 atom stereocenters. The van der Waals surface area contributed by atoms with Crippen LogP contribution in [0.15, 0.2) is 42.3 Å². The van der Waals surface area contributed by atoms with Crippen molar-refractivity contribution in [2.75, 3.05) is 26.3 Å². The van der Waals surface area contributed by atoms with Crippen LogP contribution >= 0.6 is 0 Å². The van der Waals surface area contributed by atoms with Gasteiger partial charge in [0.15, 0.2) is 5.78 Å². The third-order valence-corrected chi connectivity index (χ3v) is 6.23. The number of halogens is 1. The summed E-state index contributed by atoms with van der Waals surface area (Å²) in [6, 6.07) is 1.98. The fraction of sp³-hybridized carbons (Fsp3) is 0.480. The van der Waals surface area contributed by atoms with E-state index >= 15 is 0 Å². The van der Waals surface area contributed by atoms with E-state index in [1.807, 2.05) is 24.2 Å². The number of nitrogens with one attached hydrogen (secondary N) is 2. The minimum atomic E-state index is -0.438. The van der Waals surface area contributed by atoms with Gasteiger partial charge >= 0.3 is 0 Å². The van der Waals surface area contributed by atoms with Crippen LogP contribution in [0.2, 0.25) is 0 Å². The van der Waals surface area contributed by atoms with Crippen molar-refractivity contribution in [1.29, 1.82) is 0 Å². The Morgan fingerprint density at radius 1 is 1.44 bits per heavy atom. The molecule has 1 fully saturated rings. The van der Waals surface area contributed by atoms with E-state index in [1.54, 1.807) is 19.2 Å². The molecule has 4 N–H and O–H groups in total. The zero-order chi connectivity index (χ0) is 23.1. The first-order valence-electron chi connectivity index (χ1n) is 11.3. The predicted octanol–water partition coefficient (Wildman–Crippen LogP) is 3.06. The van der Waals surface area contributed by atoms with Gasteiger partial charge in [-0.1, -0.05) is 18.2 Å².